The van der Waals surface area contributed by atoms with E-state index in [1.807, 2.05) is 72.6 Å². The van der Waals surface area contributed by atoms with Gasteiger partial charge in [0.2, 0.25) is 5.91 Å². The van der Waals surface area contributed by atoms with Gasteiger partial charge in [-0.3, -0.25) is 9.48 Å². The van der Waals surface area contributed by atoms with Crippen LogP contribution in [0.25, 0.3) is 11.4 Å². The number of hydrogen-bond acceptors (Lipinski definition) is 5. The third kappa shape index (κ3) is 5.29. The van der Waals surface area contributed by atoms with Gasteiger partial charge in [0, 0.05) is 30.4 Å². The van der Waals surface area contributed by atoms with Crippen molar-refractivity contribution in [2.24, 2.45) is 7.05 Å². The van der Waals surface area contributed by atoms with Crippen molar-refractivity contribution in [2.75, 3.05) is 5.75 Å². The number of thioether (sulfide) groups is 1. The van der Waals surface area contributed by atoms with E-state index in [0.717, 1.165) is 22.5 Å². The Labute approximate surface area is 202 Å². The molecule has 33 heavy (non-hydrogen) atoms. The molecule has 4 aromatic rings. The van der Waals surface area contributed by atoms with Crippen molar-refractivity contribution >= 4 is 29.3 Å². The molecule has 0 saturated carbocycles. The van der Waals surface area contributed by atoms with E-state index in [2.05, 4.69) is 32.7 Å². The van der Waals surface area contributed by atoms with E-state index < -0.39 is 0 Å². The van der Waals surface area contributed by atoms with E-state index in [-0.39, 0.29) is 11.7 Å². The maximum absolute atomic E-state index is 12.5. The highest BCUT2D eigenvalue weighted by Crippen LogP contribution is 2.28. The number of benzene rings is 2. The topological polar surface area (TPSA) is 77.6 Å². The Morgan fingerprint density at radius 2 is 1.79 bits per heavy atom. The molecule has 0 bridgehead atoms. The molecule has 0 fully saturated rings. The zero-order valence-corrected chi connectivity index (χ0v) is 20.3. The SMILES string of the molecule is Cc1nn(Cc2ccccc2)c(C)c1CNC(=O)CSc1nnc(-c2ccccc2Cl)n1C. The maximum atomic E-state index is 12.5. The van der Waals surface area contributed by atoms with E-state index in [4.69, 9.17) is 11.6 Å². The van der Waals surface area contributed by atoms with Crippen LogP contribution >= 0.6 is 23.4 Å². The van der Waals surface area contributed by atoms with Crippen LogP contribution in [-0.2, 0) is 24.9 Å². The quantitative estimate of drug-likeness (QED) is 0.378. The van der Waals surface area contributed by atoms with E-state index in [1.165, 1.54) is 17.3 Å². The first-order valence-electron chi connectivity index (χ1n) is 10.5. The lowest BCUT2D eigenvalue weighted by Crippen LogP contribution is -2.25. The zero-order chi connectivity index (χ0) is 23.4. The summed E-state index contributed by atoms with van der Waals surface area (Å²) in [7, 11) is 1.87. The molecule has 2 aromatic heterocycles. The molecule has 1 amide bonds. The van der Waals surface area contributed by atoms with Gasteiger partial charge in [0.25, 0.3) is 0 Å². The van der Waals surface area contributed by atoms with Gasteiger partial charge in [0.05, 0.1) is 23.0 Å². The number of hydrogen-bond donors (Lipinski definition) is 1. The van der Waals surface area contributed by atoms with Crippen LogP contribution in [0.1, 0.15) is 22.5 Å². The Kier molecular flexibility index (Phi) is 7.15. The van der Waals surface area contributed by atoms with Crippen LogP contribution in [0, 0.1) is 13.8 Å². The average Bonchev–Trinajstić information content (AvgIpc) is 3.30. The fourth-order valence-corrected chi connectivity index (χ4v) is 4.55. The predicted molar refractivity (Wildman–Crippen MR) is 131 cm³/mol. The molecular weight excluding hydrogens is 456 g/mol. The predicted octanol–water partition coefficient (Wildman–Crippen LogP) is 4.41. The van der Waals surface area contributed by atoms with Crippen LogP contribution in [0.4, 0.5) is 0 Å². The van der Waals surface area contributed by atoms with Crippen molar-refractivity contribution in [3.63, 3.8) is 0 Å². The fourth-order valence-electron chi connectivity index (χ4n) is 3.59. The summed E-state index contributed by atoms with van der Waals surface area (Å²) in [4.78, 5) is 12.5. The molecule has 0 aliphatic carbocycles. The number of aromatic nitrogens is 5. The van der Waals surface area contributed by atoms with Crippen molar-refractivity contribution in [1.82, 2.24) is 29.9 Å². The minimum atomic E-state index is -0.0723. The number of nitrogens with zero attached hydrogens (tertiary/aromatic N) is 5. The zero-order valence-electron chi connectivity index (χ0n) is 18.7. The summed E-state index contributed by atoms with van der Waals surface area (Å²) in [5, 5.41) is 17.4. The highest BCUT2D eigenvalue weighted by molar-refractivity contribution is 7.99. The first-order valence-corrected chi connectivity index (χ1v) is 11.9. The van der Waals surface area contributed by atoms with Crippen molar-refractivity contribution in [3.05, 3.63) is 82.1 Å². The second-order valence-electron chi connectivity index (χ2n) is 7.70. The van der Waals surface area contributed by atoms with Crippen LogP contribution in [0.5, 0.6) is 0 Å². The number of rotatable bonds is 8. The monoisotopic (exact) mass is 480 g/mol. The third-order valence-electron chi connectivity index (χ3n) is 5.45. The summed E-state index contributed by atoms with van der Waals surface area (Å²) in [5.74, 6) is 0.836. The number of halogens is 1. The largest absolute Gasteiger partial charge is 0.351 e. The molecule has 170 valence electrons. The first-order chi connectivity index (χ1) is 15.9. The van der Waals surface area contributed by atoms with Crippen molar-refractivity contribution in [1.29, 1.82) is 0 Å². The molecule has 4 rings (SSSR count). The van der Waals surface area contributed by atoms with Gasteiger partial charge in [0.15, 0.2) is 11.0 Å². The van der Waals surface area contributed by atoms with Gasteiger partial charge < -0.3 is 9.88 Å². The molecule has 0 radical (unpaired) electrons. The minimum absolute atomic E-state index is 0.0723. The first kappa shape index (κ1) is 23.1. The molecular formula is C24H25ClN6OS. The van der Waals surface area contributed by atoms with Crippen LogP contribution < -0.4 is 5.32 Å². The summed E-state index contributed by atoms with van der Waals surface area (Å²) in [6.45, 7) is 5.16. The Bertz CT molecular complexity index is 1270. The number of aryl methyl sites for hydroxylation is 1. The number of carbonyl (C=O) groups excluding carboxylic acids is 1. The summed E-state index contributed by atoms with van der Waals surface area (Å²) >= 11 is 7.62. The van der Waals surface area contributed by atoms with Gasteiger partial charge in [0.1, 0.15) is 0 Å². The van der Waals surface area contributed by atoms with E-state index in [0.29, 0.717) is 29.1 Å². The molecule has 7 nitrogen and oxygen atoms in total. The summed E-state index contributed by atoms with van der Waals surface area (Å²) in [6.07, 6.45) is 0. The van der Waals surface area contributed by atoms with Gasteiger partial charge in [-0.2, -0.15) is 5.10 Å². The highest BCUT2D eigenvalue weighted by Gasteiger charge is 2.16. The van der Waals surface area contributed by atoms with Crippen LogP contribution in [-0.4, -0.2) is 36.2 Å². The molecule has 9 heteroatoms. The van der Waals surface area contributed by atoms with Gasteiger partial charge in [-0.15, -0.1) is 10.2 Å². The molecule has 0 atom stereocenters. The van der Waals surface area contributed by atoms with Gasteiger partial charge >= 0.3 is 0 Å². The number of carbonyl (C=O) groups is 1. The second kappa shape index (κ2) is 10.2. The van der Waals surface area contributed by atoms with E-state index >= 15 is 0 Å². The Balaban J connectivity index is 1.35. The molecule has 0 aliphatic heterocycles. The summed E-state index contributed by atoms with van der Waals surface area (Å²) in [6, 6.07) is 17.7. The molecule has 0 saturated heterocycles. The molecule has 1 N–H and O–H groups in total. The molecule has 0 aliphatic rings. The molecule has 0 spiro atoms. The smallest absolute Gasteiger partial charge is 0.230 e. The molecule has 0 unspecified atom stereocenters. The molecule has 2 heterocycles. The van der Waals surface area contributed by atoms with Crippen molar-refractivity contribution in [3.8, 4) is 11.4 Å². The highest BCUT2D eigenvalue weighted by atomic mass is 35.5. The van der Waals surface area contributed by atoms with Gasteiger partial charge in [-0.05, 0) is 31.5 Å². The van der Waals surface area contributed by atoms with Crippen molar-refractivity contribution in [2.45, 2.75) is 32.1 Å². The van der Waals surface area contributed by atoms with Crippen LogP contribution in [0.2, 0.25) is 5.02 Å². The Hall–Kier alpha value is -3.10. The lowest BCUT2D eigenvalue weighted by Gasteiger charge is -2.08. The molecule has 2 aromatic carbocycles. The summed E-state index contributed by atoms with van der Waals surface area (Å²) in [5.41, 5.74) is 5.03. The lowest BCUT2D eigenvalue weighted by atomic mass is 10.2. The lowest BCUT2D eigenvalue weighted by molar-refractivity contribution is -0.118. The Morgan fingerprint density at radius 3 is 2.55 bits per heavy atom. The minimum Gasteiger partial charge on any atom is -0.351 e. The maximum Gasteiger partial charge on any atom is 0.230 e. The third-order valence-corrected chi connectivity index (χ3v) is 6.80. The number of amides is 1. The van der Waals surface area contributed by atoms with Crippen LogP contribution in [0.15, 0.2) is 59.8 Å². The van der Waals surface area contributed by atoms with E-state index in [9.17, 15) is 4.79 Å². The second-order valence-corrected chi connectivity index (χ2v) is 9.05. The van der Waals surface area contributed by atoms with Gasteiger partial charge in [-0.25, -0.2) is 0 Å². The van der Waals surface area contributed by atoms with E-state index in [1.54, 1.807) is 0 Å². The Morgan fingerprint density at radius 1 is 1.06 bits per heavy atom. The number of nitrogens with one attached hydrogen (secondary N) is 1. The summed E-state index contributed by atoms with van der Waals surface area (Å²) < 4.78 is 3.83. The van der Waals surface area contributed by atoms with Crippen molar-refractivity contribution < 1.29 is 4.79 Å². The normalized spacial score (nSPS) is 11.0. The fraction of sp³-hybridized carbons (Fsp3) is 0.250. The standard InChI is InChI=1S/C24H25ClN6OS/c1-16-20(17(2)31(29-16)14-18-9-5-4-6-10-18)13-26-22(32)15-33-24-28-27-23(30(24)3)19-11-7-8-12-21(19)25/h4-12H,13-15H2,1-3H3,(H,26,32). The average molecular weight is 481 g/mol. The van der Waals surface area contributed by atoms with Gasteiger partial charge in [-0.1, -0.05) is 65.8 Å². The van der Waals surface area contributed by atoms with Crippen LogP contribution in [0.3, 0.4) is 0 Å².